The number of amides is 1. The van der Waals surface area contributed by atoms with Gasteiger partial charge in [-0.15, -0.1) is 0 Å². The van der Waals surface area contributed by atoms with E-state index in [1.165, 1.54) is 0 Å². The molecule has 1 saturated heterocycles. The first-order valence-electron chi connectivity index (χ1n) is 6.31. The lowest BCUT2D eigenvalue weighted by atomic mass is 10.1. The number of nitrogens with one attached hydrogen (secondary N) is 2. The fourth-order valence-corrected chi connectivity index (χ4v) is 2.16. The zero-order valence-electron chi connectivity index (χ0n) is 10.3. The van der Waals surface area contributed by atoms with Crippen LogP contribution >= 0.6 is 0 Å². The topological polar surface area (TPSA) is 64.9 Å². The zero-order valence-corrected chi connectivity index (χ0v) is 10.3. The zero-order chi connectivity index (χ0) is 12.8. The van der Waals surface area contributed by atoms with Gasteiger partial charge in [-0.3, -0.25) is 4.79 Å². The summed E-state index contributed by atoms with van der Waals surface area (Å²) < 4.78 is 0. The van der Waals surface area contributed by atoms with E-state index < -0.39 is 0 Å². The van der Waals surface area contributed by atoms with E-state index in [1.54, 1.807) is 24.3 Å². The molecular weight excluding hydrogens is 226 g/mol. The molecule has 94 valence electrons. The second kappa shape index (κ2) is 6.18. The normalized spacial score (nSPS) is 19.6. The smallest absolute Gasteiger partial charge is 0.251 e. The van der Waals surface area contributed by atoms with Crippen LogP contribution < -0.4 is 10.6 Å². The van der Waals surface area contributed by atoms with Crippen LogP contribution in [0.25, 0.3) is 0 Å². The molecule has 1 fully saturated rings. The van der Waals surface area contributed by atoms with Crippen LogP contribution in [0.5, 0.6) is 0 Å². The van der Waals surface area contributed by atoms with Gasteiger partial charge in [0.2, 0.25) is 0 Å². The summed E-state index contributed by atoms with van der Waals surface area (Å²) in [6, 6.07) is 9.09. The monoisotopic (exact) mass is 243 g/mol. The standard InChI is InChI=1S/C14H17N3O/c15-10-11-3-1-4-12(9-11)14(18)17-13-5-2-7-16-8-6-13/h1,3-4,9,13,16H,2,5-8H2,(H,17,18). The van der Waals surface area contributed by atoms with E-state index in [-0.39, 0.29) is 11.9 Å². The number of carbonyl (C=O) groups excluding carboxylic acids is 1. The van der Waals surface area contributed by atoms with Gasteiger partial charge < -0.3 is 10.6 Å². The molecule has 1 aromatic rings. The van der Waals surface area contributed by atoms with Gasteiger partial charge in [0, 0.05) is 11.6 Å². The summed E-state index contributed by atoms with van der Waals surface area (Å²) in [5.41, 5.74) is 1.08. The molecule has 1 amide bonds. The Morgan fingerprint density at radius 3 is 3.11 bits per heavy atom. The number of rotatable bonds is 2. The number of carbonyl (C=O) groups is 1. The lowest BCUT2D eigenvalue weighted by molar-refractivity contribution is 0.0934. The summed E-state index contributed by atoms with van der Waals surface area (Å²) in [6.07, 6.45) is 3.06. The maximum atomic E-state index is 12.1. The molecule has 4 nitrogen and oxygen atoms in total. The molecule has 1 aliphatic rings. The van der Waals surface area contributed by atoms with Gasteiger partial charge in [0.05, 0.1) is 11.6 Å². The molecule has 1 aliphatic heterocycles. The Balaban J connectivity index is 2.00. The average molecular weight is 243 g/mol. The van der Waals surface area contributed by atoms with Crippen molar-refractivity contribution in [1.29, 1.82) is 5.26 Å². The second-order valence-corrected chi connectivity index (χ2v) is 4.54. The van der Waals surface area contributed by atoms with Crippen LogP contribution in [-0.4, -0.2) is 25.0 Å². The quantitative estimate of drug-likeness (QED) is 0.826. The number of hydrogen-bond donors (Lipinski definition) is 2. The van der Waals surface area contributed by atoms with Crippen LogP contribution in [0.3, 0.4) is 0 Å². The minimum absolute atomic E-state index is 0.0843. The first-order chi connectivity index (χ1) is 8.79. The largest absolute Gasteiger partial charge is 0.349 e. The molecule has 0 aromatic heterocycles. The predicted molar refractivity (Wildman–Crippen MR) is 69.1 cm³/mol. The highest BCUT2D eigenvalue weighted by Crippen LogP contribution is 2.08. The lowest BCUT2D eigenvalue weighted by Gasteiger charge is -2.15. The molecule has 18 heavy (non-hydrogen) atoms. The van der Waals surface area contributed by atoms with E-state index in [0.717, 1.165) is 32.4 Å². The molecule has 2 N–H and O–H groups in total. The molecule has 0 radical (unpaired) electrons. The van der Waals surface area contributed by atoms with Gasteiger partial charge in [-0.2, -0.15) is 5.26 Å². The Kier molecular flexibility index (Phi) is 4.32. The third-order valence-electron chi connectivity index (χ3n) is 3.16. The van der Waals surface area contributed by atoms with E-state index in [1.807, 2.05) is 6.07 Å². The summed E-state index contributed by atoms with van der Waals surface area (Å²) in [5.74, 6) is -0.0843. The van der Waals surface area contributed by atoms with Crippen molar-refractivity contribution in [2.45, 2.75) is 25.3 Å². The molecule has 2 rings (SSSR count). The molecular formula is C14H17N3O. The van der Waals surface area contributed by atoms with Crippen molar-refractivity contribution >= 4 is 5.91 Å². The number of hydrogen-bond acceptors (Lipinski definition) is 3. The molecule has 1 heterocycles. The fourth-order valence-electron chi connectivity index (χ4n) is 2.16. The van der Waals surface area contributed by atoms with E-state index in [2.05, 4.69) is 10.6 Å². The van der Waals surface area contributed by atoms with Gasteiger partial charge in [-0.25, -0.2) is 0 Å². The Hall–Kier alpha value is -1.86. The third-order valence-corrected chi connectivity index (χ3v) is 3.16. The summed E-state index contributed by atoms with van der Waals surface area (Å²) >= 11 is 0. The first-order valence-corrected chi connectivity index (χ1v) is 6.31. The van der Waals surface area contributed by atoms with Crippen LogP contribution in [0.4, 0.5) is 0 Å². The van der Waals surface area contributed by atoms with Crippen molar-refractivity contribution < 1.29 is 4.79 Å². The number of benzene rings is 1. The van der Waals surface area contributed by atoms with Crippen molar-refractivity contribution in [2.24, 2.45) is 0 Å². The van der Waals surface area contributed by atoms with Gasteiger partial charge in [0.25, 0.3) is 5.91 Å². The molecule has 0 aliphatic carbocycles. The fraction of sp³-hybridized carbons (Fsp3) is 0.429. The van der Waals surface area contributed by atoms with Crippen molar-refractivity contribution in [2.75, 3.05) is 13.1 Å². The second-order valence-electron chi connectivity index (χ2n) is 4.54. The summed E-state index contributed by atoms with van der Waals surface area (Å²) in [4.78, 5) is 12.1. The van der Waals surface area contributed by atoms with E-state index in [9.17, 15) is 4.79 Å². The van der Waals surface area contributed by atoms with Crippen LogP contribution in [0, 0.1) is 11.3 Å². The molecule has 0 bridgehead atoms. The number of nitrogens with zero attached hydrogens (tertiary/aromatic N) is 1. The molecule has 4 heteroatoms. The van der Waals surface area contributed by atoms with Crippen LogP contribution in [0.1, 0.15) is 35.2 Å². The lowest BCUT2D eigenvalue weighted by Crippen LogP contribution is -2.35. The van der Waals surface area contributed by atoms with E-state index in [0.29, 0.717) is 11.1 Å². The summed E-state index contributed by atoms with van der Waals surface area (Å²) in [5, 5.41) is 15.2. The average Bonchev–Trinajstić information content (AvgIpc) is 2.67. The van der Waals surface area contributed by atoms with Crippen LogP contribution in [-0.2, 0) is 0 Å². The van der Waals surface area contributed by atoms with Gasteiger partial charge in [0.1, 0.15) is 0 Å². The molecule has 0 saturated carbocycles. The SMILES string of the molecule is N#Cc1cccc(C(=O)NC2CCCNCC2)c1. The molecule has 1 atom stereocenters. The molecule has 1 aromatic carbocycles. The Morgan fingerprint density at radius 1 is 1.39 bits per heavy atom. The van der Waals surface area contributed by atoms with Gasteiger partial charge >= 0.3 is 0 Å². The summed E-state index contributed by atoms with van der Waals surface area (Å²) in [7, 11) is 0. The number of nitriles is 1. The van der Waals surface area contributed by atoms with Gasteiger partial charge in [-0.05, 0) is 50.6 Å². The highest BCUT2D eigenvalue weighted by atomic mass is 16.1. The van der Waals surface area contributed by atoms with Crippen molar-refractivity contribution in [1.82, 2.24) is 10.6 Å². The van der Waals surface area contributed by atoms with Crippen molar-refractivity contribution in [3.05, 3.63) is 35.4 Å². The maximum absolute atomic E-state index is 12.1. The highest BCUT2D eigenvalue weighted by Gasteiger charge is 2.15. The maximum Gasteiger partial charge on any atom is 0.251 e. The van der Waals surface area contributed by atoms with Crippen molar-refractivity contribution in [3.63, 3.8) is 0 Å². The highest BCUT2D eigenvalue weighted by molar-refractivity contribution is 5.94. The van der Waals surface area contributed by atoms with E-state index in [4.69, 9.17) is 5.26 Å². The van der Waals surface area contributed by atoms with E-state index >= 15 is 0 Å². The van der Waals surface area contributed by atoms with Crippen molar-refractivity contribution in [3.8, 4) is 6.07 Å². The Bertz CT molecular complexity index is 456. The van der Waals surface area contributed by atoms with Crippen LogP contribution in [0.15, 0.2) is 24.3 Å². The minimum Gasteiger partial charge on any atom is -0.349 e. The summed E-state index contributed by atoms with van der Waals surface area (Å²) in [6.45, 7) is 1.97. The first kappa shape index (κ1) is 12.6. The third kappa shape index (κ3) is 3.31. The Morgan fingerprint density at radius 2 is 2.28 bits per heavy atom. The Labute approximate surface area is 107 Å². The molecule has 1 unspecified atom stereocenters. The van der Waals surface area contributed by atoms with Gasteiger partial charge in [0.15, 0.2) is 0 Å². The predicted octanol–water partition coefficient (Wildman–Crippen LogP) is 1.43. The van der Waals surface area contributed by atoms with Gasteiger partial charge in [-0.1, -0.05) is 6.07 Å². The minimum atomic E-state index is -0.0843. The molecule has 0 spiro atoms. The van der Waals surface area contributed by atoms with Crippen LogP contribution in [0.2, 0.25) is 0 Å².